The third-order valence-corrected chi connectivity index (χ3v) is 5.16. The molecule has 0 aliphatic carbocycles. The maximum atomic E-state index is 12.6. The van der Waals surface area contributed by atoms with E-state index in [1.165, 1.54) is 37.4 Å². The number of carbonyl (C=O) groups is 1. The summed E-state index contributed by atoms with van der Waals surface area (Å²) in [4.78, 5) is 12.0. The SMILES string of the molecule is CCNC(=O)c1cc(S(=O)(=O)Nc2cc(Cl)ccc2Cl)ccc1OC. The first-order chi connectivity index (χ1) is 11.8. The Balaban J connectivity index is 2.44. The molecule has 0 aliphatic heterocycles. The Bertz CT molecular complexity index is 901. The molecule has 134 valence electrons. The van der Waals surface area contributed by atoms with Gasteiger partial charge in [-0.2, -0.15) is 0 Å². The van der Waals surface area contributed by atoms with Crippen LogP contribution in [0.2, 0.25) is 10.0 Å². The summed E-state index contributed by atoms with van der Waals surface area (Å²) in [7, 11) is -2.58. The Morgan fingerprint density at radius 1 is 1.16 bits per heavy atom. The number of amides is 1. The molecule has 0 spiro atoms. The standard InChI is InChI=1S/C16H16Cl2N2O4S/c1-3-19-16(21)12-9-11(5-7-15(12)24-2)25(22,23)20-14-8-10(17)4-6-13(14)18/h4-9,20H,3H2,1-2H3,(H,19,21). The quantitative estimate of drug-likeness (QED) is 0.773. The first kappa shape index (κ1) is 19.4. The van der Waals surface area contributed by atoms with Crippen molar-refractivity contribution in [3.63, 3.8) is 0 Å². The van der Waals surface area contributed by atoms with E-state index >= 15 is 0 Å². The summed E-state index contributed by atoms with van der Waals surface area (Å²) in [6.07, 6.45) is 0. The zero-order chi connectivity index (χ0) is 18.6. The lowest BCUT2D eigenvalue weighted by atomic mass is 10.2. The van der Waals surface area contributed by atoms with Crippen LogP contribution in [0, 0.1) is 0 Å². The van der Waals surface area contributed by atoms with Gasteiger partial charge in [0.05, 0.1) is 28.3 Å². The molecule has 6 nitrogen and oxygen atoms in total. The van der Waals surface area contributed by atoms with Crippen LogP contribution in [0.5, 0.6) is 5.75 Å². The third-order valence-electron chi connectivity index (χ3n) is 3.24. The van der Waals surface area contributed by atoms with Crippen LogP contribution in [0.15, 0.2) is 41.3 Å². The second-order valence-electron chi connectivity index (χ2n) is 4.95. The summed E-state index contributed by atoms with van der Waals surface area (Å²) in [6.45, 7) is 2.16. The van der Waals surface area contributed by atoms with Gasteiger partial charge in [-0.05, 0) is 43.3 Å². The molecule has 0 bridgehead atoms. The van der Waals surface area contributed by atoms with Crippen LogP contribution in [0.3, 0.4) is 0 Å². The van der Waals surface area contributed by atoms with Crippen LogP contribution in [-0.4, -0.2) is 28.0 Å². The second kappa shape index (κ2) is 7.95. The van der Waals surface area contributed by atoms with Crippen LogP contribution in [0.25, 0.3) is 0 Å². The molecule has 2 aromatic carbocycles. The van der Waals surface area contributed by atoms with Gasteiger partial charge in [-0.3, -0.25) is 9.52 Å². The monoisotopic (exact) mass is 402 g/mol. The summed E-state index contributed by atoms with van der Waals surface area (Å²) in [6, 6.07) is 8.42. The van der Waals surface area contributed by atoms with Crippen LogP contribution < -0.4 is 14.8 Å². The van der Waals surface area contributed by atoms with Crippen LogP contribution in [-0.2, 0) is 10.0 Å². The summed E-state index contributed by atoms with van der Waals surface area (Å²) in [5.74, 6) is -0.164. The highest BCUT2D eigenvalue weighted by molar-refractivity contribution is 7.92. The van der Waals surface area contributed by atoms with Crippen molar-refractivity contribution in [2.45, 2.75) is 11.8 Å². The van der Waals surface area contributed by atoms with Gasteiger partial charge in [0.15, 0.2) is 0 Å². The van der Waals surface area contributed by atoms with Gasteiger partial charge in [-0.25, -0.2) is 8.42 Å². The minimum atomic E-state index is -3.98. The van der Waals surface area contributed by atoms with E-state index in [9.17, 15) is 13.2 Å². The number of halogens is 2. The highest BCUT2D eigenvalue weighted by atomic mass is 35.5. The van der Waals surface area contributed by atoms with Crippen molar-refractivity contribution in [2.75, 3.05) is 18.4 Å². The molecule has 1 amide bonds. The number of hydrogen-bond acceptors (Lipinski definition) is 4. The molecule has 9 heteroatoms. The molecule has 0 heterocycles. The molecular weight excluding hydrogens is 387 g/mol. The van der Waals surface area contributed by atoms with Gasteiger partial charge in [-0.1, -0.05) is 23.2 Å². The average molecular weight is 403 g/mol. The Kier molecular flexibility index (Phi) is 6.16. The molecule has 0 radical (unpaired) electrons. The van der Waals surface area contributed by atoms with Crippen LogP contribution >= 0.6 is 23.2 Å². The van der Waals surface area contributed by atoms with E-state index in [4.69, 9.17) is 27.9 Å². The largest absolute Gasteiger partial charge is 0.496 e. The number of rotatable bonds is 6. The minimum absolute atomic E-state index is 0.106. The molecule has 0 fully saturated rings. The first-order valence-electron chi connectivity index (χ1n) is 7.22. The maximum absolute atomic E-state index is 12.6. The lowest BCUT2D eigenvalue weighted by Gasteiger charge is -2.13. The van der Waals surface area contributed by atoms with Crippen molar-refractivity contribution < 1.29 is 17.9 Å². The normalized spacial score (nSPS) is 11.0. The molecule has 2 N–H and O–H groups in total. The van der Waals surface area contributed by atoms with E-state index in [1.807, 2.05) is 0 Å². The van der Waals surface area contributed by atoms with Crippen molar-refractivity contribution >= 4 is 44.8 Å². The Morgan fingerprint density at radius 2 is 1.88 bits per heavy atom. The van der Waals surface area contributed by atoms with Crippen molar-refractivity contribution in [3.05, 3.63) is 52.0 Å². The molecular formula is C16H16Cl2N2O4S. The van der Waals surface area contributed by atoms with Gasteiger partial charge < -0.3 is 10.1 Å². The van der Waals surface area contributed by atoms with Gasteiger partial charge in [0, 0.05) is 11.6 Å². The predicted octanol–water partition coefficient (Wildman–Crippen LogP) is 3.55. The minimum Gasteiger partial charge on any atom is -0.496 e. The van der Waals surface area contributed by atoms with E-state index < -0.39 is 15.9 Å². The van der Waals surface area contributed by atoms with Gasteiger partial charge in [0.2, 0.25) is 0 Å². The highest BCUT2D eigenvalue weighted by Gasteiger charge is 2.20. The topological polar surface area (TPSA) is 84.5 Å². The Morgan fingerprint density at radius 3 is 2.52 bits per heavy atom. The Labute approximate surface area is 156 Å². The number of methoxy groups -OCH3 is 1. The van der Waals surface area contributed by atoms with Crippen molar-refractivity contribution in [2.24, 2.45) is 0 Å². The van der Waals surface area contributed by atoms with E-state index in [0.29, 0.717) is 11.6 Å². The molecule has 0 atom stereocenters. The van der Waals surface area contributed by atoms with Gasteiger partial charge in [0.25, 0.3) is 15.9 Å². The van der Waals surface area contributed by atoms with Gasteiger partial charge in [0.1, 0.15) is 5.75 Å². The number of carbonyl (C=O) groups excluding carboxylic acids is 1. The summed E-state index contributed by atoms with van der Waals surface area (Å²) >= 11 is 11.9. The number of ether oxygens (including phenoxy) is 1. The van der Waals surface area contributed by atoms with Crippen LogP contribution in [0.1, 0.15) is 17.3 Å². The molecule has 0 unspecified atom stereocenters. The van der Waals surface area contributed by atoms with Crippen LogP contribution in [0.4, 0.5) is 5.69 Å². The van der Waals surface area contributed by atoms with E-state index in [2.05, 4.69) is 10.0 Å². The fourth-order valence-electron chi connectivity index (χ4n) is 2.07. The van der Waals surface area contributed by atoms with Crippen molar-refractivity contribution in [3.8, 4) is 5.75 Å². The number of sulfonamides is 1. The van der Waals surface area contributed by atoms with Crippen molar-refractivity contribution in [1.82, 2.24) is 5.32 Å². The van der Waals surface area contributed by atoms with E-state index in [-0.39, 0.29) is 26.9 Å². The lowest BCUT2D eigenvalue weighted by molar-refractivity contribution is 0.0952. The van der Waals surface area contributed by atoms with E-state index in [0.717, 1.165) is 0 Å². The lowest BCUT2D eigenvalue weighted by Crippen LogP contribution is -2.24. The average Bonchev–Trinajstić information content (AvgIpc) is 2.57. The number of hydrogen-bond donors (Lipinski definition) is 2. The molecule has 0 aromatic heterocycles. The van der Waals surface area contributed by atoms with Gasteiger partial charge >= 0.3 is 0 Å². The zero-order valence-electron chi connectivity index (χ0n) is 13.5. The van der Waals surface area contributed by atoms with Crippen molar-refractivity contribution in [1.29, 1.82) is 0 Å². The number of anilines is 1. The fraction of sp³-hybridized carbons (Fsp3) is 0.188. The number of nitrogens with one attached hydrogen (secondary N) is 2. The Hall–Kier alpha value is -1.96. The molecule has 0 saturated heterocycles. The molecule has 25 heavy (non-hydrogen) atoms. The first-order valence-corrected chi connectivity index (χ1v) is 9.46. The second-order valence-corrected chi connectivity index (χ2v) is 7.48. The maximum Gasteiger partial charge on any atom is 0.261 e. The molecule has 0 aliphatic rings. The zero-order valence-corrected chi connectivity index (χ0v) is 15.8. The molecule has 2 rings (SSSR count). The smallest absolute Gasteiger partial charge is 0.261 e. The predicted molar refractivity (Wildman–Crippen MR) is 98.3 cm³/mol. The number of benzene rings is 2. The summed E-state index contributed by atoms with van der Waals surface area (Å²) in [5, 5.41) is 3.14. The molecule has 0 saturated carbocycles. The highest BCUT2D eigenvalue weighted by Crippen LogP contribution is 2.29. The summed E-state index contributed by atoms with van der Waals surface area (Å²) < 4.78 is 32.7. The van der Waals surface area contributed by atoms with E-state index in [1.54, 1.807) is 13.0 Å². The third kappa shape index (κ3) is 4.56. The van der Waals surface area contributed by atoms with Gasteiger partial charge in [-0.15, -0.1) is 0 Å². The summed E-state index contributed by atoms with van der Waals surface area (Å²) in [5.41, 5.74) is 0.258. The fourth-order valence-corrected chi connectivity index (χ4v) is 3.56. The molecule has 2 aromatic rings.